The Hall–Kier alpha value is -2.05. The molecule has 1 N–H and O–H groups in total. The van der Waals surface area contributed by atoms with Crippen LogP contribution in [0.1, 0.15) is 24.8 Å². The Labute approximate surface area is 125 Å². The molecule has 0 spiro atoms. The van der Waals surface area contributed by atoms with Gasteiger partial charge in [-0.05, 0) is 31.0 Å². The van der Waals surface area contributed by atoms with Crippen LogP contribution in [0.4, 0.5) is 18.9 Å². The fourth-order valence-corrected chi connectivity index (χ4v) is 2.53. The molecule has 1 saturated carbocycles. The van der Waals surface area contributed by atoms with E-state index < -0.39 is 17.7 Å². The van der Waals surface area contributed by atoms with E-state index in [0.29, 0.717) is 0 Å². The van der Waals surface area contributed by atoms with E-state index in [0.717, 1.165) is 25.0 Å². The van der Waals surface area contributed by atoms with E-state index >= 15 is 0 Å². The highest BCUT2D eigenvalue weighted by molar-refractivity contribution is 6.00. The highest BCUT2D eigenvalue weighted by atomic mass is 19.4. The van der Waals surface area contributed by atoms with Crippen LogP contribution in [-0.2, 0) is 15.8 Å². The van der Waals surface area contributed by atoms with E-state index in [-0.39, 0.29) is 36.5 Å². The topological polar surface area (TPSA) is 49.4 Å². The molecule has 4 nitrogen and oxygen atoms in total. The Balaban J connectivity index is 1.74. The average molecular weight is 312 g/mol. The molecule has 0 aromatic heterocycles. The lowest BCUT2D eigenvalue weighted by molar-refractivity contribution is -0.137. The molecule has 2 aliphatic rings. The number of alkyl halides is 3. The van der Waals surface area contributed by atoms with Gasteiger partial charge in [-0.1, -0.05) is 6.07 Å². The van der Waals surface area contributed by atoms with Crippen LogP contribution in [0.15, 0.2) is 24.3 Å². The van der Waals surface area contributed by atoms with Crippen molar-refractivity contribution in [3.63, 3.8) is 0 Å². The van der Waals surface area contributed by atoms with Crippen molar-refractivity contribution in [1.82, 2.24) is 5.32 Å². The molecule has 1 aromatic carbocycles. The SMILES string of the molecule is O=C(NC1CC1)[C@@H]1CC(=O)N(c2cccc(C(F)(F)F)c2)C1. The van der Waals surface area contributed by atoms with Gasteiger partial charge in [0, 0.05) is 24.7 Å². The number of amides is 2. The average Bonchev–Trinajstić information content (AvgIpc) is 3.18. The molecule has 1 atom stereocenters. The van der Waals surface area contributed by atoms with E-state index in [2.05, 4.69) is 5.32 Å². The minimum Gasteiger partial charge on any atom is -0.353 e. The van der Waals surface area contributed by atoms with E-state index in [4.69, 9.17) is 0 Å². The lowest BCUT2D eigenvalue weighted by Crippen LogP contribution is -2.34. The zero-order valence-corrected chi connectivity index (χ0v) is 11.7. The number of carbonyl (C=O) groups excluding carboxylic acids is 2. The number of benzene rings is 1. The van der Waals surface area contributed by atoms with E-state index in [1.165, 1.54) is 17.0 Å². The van der Waals surface area contributed by atoms with Gasteiger partial charge in [0.05, 0.1) is 11.5 Å². The Kier molecular flexibility index (Phi) is 3.58. The van der Waals surface area contributed by atoms with E-state index in [1.807, 2.05) is 0 Å². The predicted molar refractivity (Wildman–Crippen MR) is 73.1 cm³/mol. The van der Waals surface area contributed by atoms with Crippen LogP contribution in [0.25, 0.3) is 0 Å². The largest absolute Gasteiger partial charge is 0.416 e. The van der Waals surface area contributed by atoms with Crippen molar-refractivity contribution in [2.24, 2.45) is 5.92 Å². The first-order valence-electron chi connectivity index (χ1n) is 7.12. The number of rotatable bonds is 3. The number of hydrogen-bond donors (Lipinski definition) is 1. The van der Waals surface area contributed by atoms with Crippen molar-refractivity contribution in [2.45, 2.75) is 31.5 Å². The van der Waals surface area contributed by atoms with Gasteiger partial charge in [-0.2, -0.15) is 13.2 Å². The van der Waals surface area contributed by atoms with Crippen LogP contribution in [0.3, 0.4) is 0 Å². The third kappa shape index (κ3) is 3.08. The van der Waals surface area contributed by atoms with Crippen molar-refractivity contribution in [3.05, 3.63) is 29.8 Å². The molecule has 3 rings (SSSR count). The number of nitrogens with zero attached hydrogens (tertiary/aromatic N) is 1. The lowest BCUT2D eigenvalue weighted by Gasteiger charge is -2.18. The third-order valence-corrected chi connectivity index (χ3v) is 3.90. The van der Waals surface area contributed by atoms with E-state index in [9.17, 15) is 22.8 Å². The maximum atomic E-state index is 12.7. The Morgan fingerprint density at radius 3 is 2.64 bits per heavy atom. The molecule has 1 saturated heterocycles. The molecule has 0 unspecified atom stereocenters. The van der Waals surface area contributed by atoms with Gasteiger partial charge >= 0.3 is 6.18 Å². The van der Waals surface area contributed by atoms with E-state index in [1.54, 1.807) is 0 Å². The second-order valence-electron chi connectivity index (χ2n) is 5.74. The van der Waals surface area contributed by atoms with Gasteiger partial charge in [0.2, 0.25) is 11.8 Å². The molecule has 0 bridgehead atoms. The summed E-state index contributed by atoms with van der Waals surface area (Å²) in [6.07, 6.45) is -2.52. The van der Waals surface area contributed by atoms with Gasteiger partial charge in [0.25, 0.3) is 0 Å². The van der Waals surface area contributed by atoms with Crippen molar-refractivity contribution in [2.75, 3.05) is 11.4 Å². The molecule has 0 radical (unpaired) electrons. The predicted octanol–water partition coefficient (Wildman–Crippen LogP) is 2.34. The van der Waals surface area contributed by atoms with Gasteiger partial charge in [-0.25, -0.2) is 0 Å². The molecular formula is C15H15F3N2O2. The standard InChI is InChI=1S/C15H15F3N2O2/c16-15(17,18)10-2-1-3-12(7-10)20-8-9(6-13(20)21)14(22)19-11-4-5-11/h1-3,7,9,11H,4-6,8H2,(H,19,22)/t9-/m1/s1. The summed E-state index contributed by atoms with van der Waals surface area (Å²) in [5.41, 5.74) is -0.620. The van der Waals surface area contributed by atoms with Crippen LogP contribution in [-0.4, -0.2) is 24.4 Å². The number of nitrogens with one attached hydrogen (secondary N) is 1. The smallest absolute Gasteiger partial charge is 0.353 e. The molecule has 2 amide bonds. The maximum Gasteiger partial charge on any atom is 0.416 e. The monoisotopic (exact) mass is 312 g/mol. The summed E-state index contributed by atoms with van der Waals surface area (Å²) >= 11 is 0. The van der Waals surface area contributed by atoms with Crippen molar-refractivity contribution >= 4 is 17.5 Å². The summed E-state index contributed by atoms with van der Waals surface area (Å²) in [5.74, 6) is -1.01. The van der Waals surface area contributed by atoms with Gasteiger partial charge in [0.15, 0.2) is 0 Å². The third-order valence-electron chi connectivity index (χ3n) is 3.90. The first kappa shape index (κ1) is 14.9. The Bertz CT molecular complexity index is 611. The zero-order valence-electron chi connectivity index (χ0n) is 11.7. The first-order valence-corrected chi connectivity index (χ1v) is 7.12. The second kappa shape index (κ2) is 5.30. The van der Waals surface area contributed by atoms with Crippen LogP contribution in [0.5, 0.6) is 0 Å². The zero-order chi connectivity index (χ0) is 15.9. The van der Waals surface area contributed by atoms with Gasteiger partial charge in [0.1, 0.15) is 0 Å². The fraction of sp³-hybridized carbons (Fsp3) is 0.467. The van der Waals surface area contributed by atoms with Gasteiger partial charge in [-0.3, -0.25) is 9.59 Å². The highest BCUT2D eigenvalue weighted by Crippen LogP contribution is 2.33. The molecule has 22 heavy (non-hydrogen) atoms. The number of anilines is 1. The minimum atomic E-state index is -4.46. The Morgan fingerprint density at radius 2 is 2.00 bits per heavy atom. The summed E-state index contributed by atoms with van der Waals surface area (Å²) in [5, 5.41) is 2.83. The van der Waals surface area contributed by atoms with Crippen LogP contribution in [0.2, 0.25) is 0 Å². The van der Waals surface area contributed by atoms with Crippen molar-refractivity contribution in [3.8, 4) is 0 Å². The molecule has 2 fully saturated rings. The molecule has 1 aliphatic carbocycles. The number of hydrogen-bond acceptors (Lipinski definition) is 2. The molecule has 1 aromatic rings. The molecule has 1 heterocycles. The normalized spacial score (nSPS) is 22.0. The van der Waals surface area contributed by atoms with Crippen LogP contribution in [0, 0.1) is 5.92 Å². The van der Waals surface area contributed by atoms with Crippen LogP contribution < -0.4 is 10.2 Å². The van der Waals surface area contributed by atoms with Gasteiger partial charge < -0.3 is 10.2 Å². The summed E-state index contributed by atoms with van der Waals surface area (Å²) in [6, 6.07) is 4.82. The minimum absolute atomic E-state index is 0.0365. The number of carbonyl (C=O) groups is 2. The first-order chi connectivity index (χ1) is 10.3. The maximum absolute atomic E-state index is 12.7. The summed E-state index contributed by atoms with van der Waals surface area (Å²) < 4.78 is 38.2. The summed E-state index contributed by atoms with van der Waals surface area (Å²) in [6.45, 7) is 0.124. The summed E-state index contributed by atoms with van der Waals surface area (Å²) in [7, 11) is 0. The Morgan fingerprint density at radius 1 is 1.27 bits per heavy atom. The van der Waals surface area contributed by atoms with Crippen molar-refractivity contribution < 1.29 is 22.8 Å². The quantitative estimate of drug-likeness (QED) is 0.931. The van der Waals surface area contributed by atoms with Crippen LogP contribution >= 0.6 is 0 Å². The fourth-order valence-electron chi connectivity index (χ4n) is 2.53. The van der Waals surface area contributed by atoms with Gasteiger partial charge in [-0.15, -0.1) is 0 Å². The number of halogens is 3. The molecule has 7 heteroatoms. The van der Waals surface area contributed by atoms with Crippen molar-refractivity contribution in [1.29, 1.82) is 0 Å². The lowest BCUT2D eigenvalue weighted by atomic mass is 10.1. The highest BCUT2D eigenvalue weighted by Gasteiger charge is 2.38. The molecular weight excluding hydrogens is 297 g/mol. The summed E-state index contributed by atoms with van der Waals surface area (Å²) in [4.78, 5) is 25.2. The molecule has 118 valence electrons. The second-order valence-corrected chi connectivity index (χ2v) is 5.74. The molecule has 1 aliphatic heterocycles.